The minimum absolute atomic E-state index is 0.0677. The molecular weight excluding hydrogens is 528 g/mol. The molecule has 38 heavy (non-hydrogen) atoms. The predicted molar refractivity (Wildman–Crippen MR) is 129 cm³/mol. The number of terminal acetylenes is 1. The van der Waals surface area contributed by atoms with Crippen LogP contribution in [0.15, 0.2) is 46.1 Å². The lowest BCUT2D eigenvalue weighted by Gasteiger charge is -2.27. The van der Waals surface area contributed by atoms with Crippen molar-refractivity contribution in [1.29, 1.82) is 0 Å². The number of aliphatic hydroxyl groups excluding tert-OH is 1. The van der Waals surface area contributed by atoms with Gasteiger partial charge in [0.05, 0.1) is 18.9 Å². The fraction of sp³-hybridized carbons (Fsp3) is 0.435. The van der Waals surface area contributed by atoms with Crippen molar-refractivity contribution in [2.45, 2.75) is 57.0 Å². The lowest BCUT2D eigenvalue weighted by Crippen LogP contribution is -2.55. The Labute approximate surface area is 216 Å². The molecule has 1 fully saturated rings. The van der Waals surface area contributed by atoms with E-state index < -0.39 is 73.6 Å². The number of para-hydroxylation sites is 1. The summed E-state index contributed by atoms with van der Waals surface area (Å²) < 4.78 is 54.8. The van der Waals surface area contributed by atoms with Crippen molar-refractivity contribution in [2.24, 2.45) is 5.73 Å². The monoisotopic (exact) mass is 555 g/mol. The summed E-state index contributed by atoms with van der Waals surface area (Å²) >= 11 is 0. The van der Waals surface area contributed by atoms with Crippen LogP contribution in [0.4, 0.5) is 4.39 Å². The Morgan fingerprint density at radius 1 is 1.34 bits per heavy atom. The third-order valence-corrected chi connectivity index (χ3v) is 6.78. The molecule has 1 unspecified atom stereocenters. The molecule has 1 aliphatic rings. The molecule has 1 saturated heterocycles. The number of nitrogens with zero attached hydrogens (tertiary/aromatic N) is 1. The Morgan fingerprint density at radius 2 is 2.00 bits per heavy atom. The molecule has 2 aromatic rings. The molecule has 0 bridgehead atoms. The fourth-order valence-electron chi connectivity index (χ4n) is 3.44. The second-order valence-electron chi connectivity index (χ2n) is 8.57. The van der Waals surface area contributed by atoms with Crippen LogP contribution in [-0.2, 0) is 27.9 Å². The molecule has 1 aromatic heterocycles. The highest BCUT2D eigenvalue weighted by molar-refractivity contribution is 7.49. The van der Waals surface area contributed by atoms with E-state index in [1.165, 1.54) is 19.1 Å². The average Bonchev–Trinajstić information content (AvgIpc) is 3.10. The number of hydrogen-bond acceptors (Lipinski definition) is 11. The second-order valence-corrected chi connectivity index (χ2v) is 10.1. The normalized spacial score (nSPS) is 25.4. The van der Waals surface area contributed by atoms with Crippen molar-refractivity contribution in [3.05, 3.63) is 63.2 Å². The zero-order valence-corrected chi connectivity index (χ0v) is 21.5. The average molecular weight is 555 g/mol. The number of rotatable bonds is 10. The third-order valence-electron chi connectivity index (χ3n) is 5.31. The first kappa shape index (κ1) is 29.2. The van der Waals surface area contributed by atoms with Gasteiger partial charge < -0.3 is 24.8 Å². The lowest BCUT2D eigenvalue weighted by atomic mass is 9.92. The highest BCUT2D eigenvalue weighted by Gasteiger charge is 2.55. The van der Waals surface area contributed by atoms with Crippen molar-refractivity contribution >= 4 is 13.8 Å². The van der Waals surface area contributed by atoms with Crippen LogP contribution in [0.25, 0.3) is 0 Å². The number of hydrogen-bond donors (Lipinski definition) is 3. The van der Waals surface area contributed by atoms with Gasteiger partial charge in [-0.2, -0.15) is 4.39 Å². The molecule has 0 aliphatic carbocycles. The Hall–Kier alpha value is -3.31. The molecule has 13 nitrogen and oxygen atoms in total. The van der Waals surface area contributed by atoms with E-state index >= 15 is 0 Å². The van der Waals surface area contributed by atoms with Crippen molar-refractivity contribution in [2.75, 3.05) is 6.61 Å². The van der Waals surface area contributed by atoms with Gasteiger partial charge in [0.15, 0.2) is 17.9 Å². The van der Waals surface area contributed by atoms with Crippen molar-refractivity contribution < 1.29 is 41.9 Å². The Morgan fingerprint density at radius 3 is 2.61 bits per heavy atom. The number of aliphatic hydroxyl groups is 1. The number of aromatic nitrogens is 2. The number of esters is 1. The number of benzene rings is 1. The maximum absolute atomic E-state index is 13.9. The van der Waals surface area contributed by atoms with E-state index in [1.54, 1.807) is 37.0 Å². The van der Waals surface area contributed by atoms with Crippen LogP contribution in [0.1, 0.15) is 27.0 Å². The highest BCUT2D eigenvalue weighted by atomic mass is 31.2. The Bertz CT molecular complexity index is 1360. The van der Waals surface area contributed by atoms with Crippen LogP contribution in [0.3, 0.4) is 0 Å². The van der Waals surface area contributed by atoms with Crippen molar-refractivity contribution in [3.8, 4) is 18.1 Å². The van der Waals surface area contributed by atoms with Gasteiger partial charge in [-0.1, -0.05) is 24.1 Å². The first-order valence-electron chi connectivity index (χ1n) is 11.3. The molecule has 3 rings (SSSR count). The van der Waals surface area contributed by atoms with E-state index in [0.29, 0.717) is 10.8 Å². The number of nitrogens with one attached hydrogen (secondary N) is 1. The number of H-pyrrole nitrogens is 1. The van der Waals surface area contributed by atoms with Gasteiger partial charge in [-0.15, -0.1) is 6.42 Å². The first-order chi connectivity index (χ1) is 17.8. The van der Waals surface area contributed by atoms with Crippen LogP contribution in [-0.4, -0.2) is 57.2 Å². The smallest absolute Gasteiger partial charge is 0.461 e. The minimum Gasteiger partial charge on any atom is -0.461 e. The molecule has 0 radical (unpaired) electrons. The van der Waals surface area contributed by atoms with Crippen LogP contribution >= 0.6 is 7.82 Å². The van der Waals surface area contributed by atoms with Gasteiger partial charge in [0.2, 0.25) is 5.82 Å². The summed E-state index contributed by atoms with van der Waals surface area (Å²) in [6.07, 6.45) is -0.705. The molecular formula is C23H27FN3O10P. The second kappa shape index (κ2) is 11.6. The van der Waals surface area contributed by atoms with E-state index in [-0.39, 0.29) is 5.75 Å². The van der Waals surface area contributed by atoms with E-state index in [4.69, 9.17) is 35.2 Å². The molecule has 15 heteroatoms. The van der Waals surface area contributed by atoms with Crippen LogP contribution < -0.4 is 21.5 Å². The largest absolute Gasteiger partial charge is 0.530 e. The van der Waals surface area contributed by atoms with Crippen molar-refractivity contribution in [1.82, 2.24) is 9.55 Å². The van der Waals surface area contributed by atoms with E-state index in [2.05, 4.69) is 5.92 Å². The topological polar surface area (TPSA) is 181 Å². The molecule has 2 heterocycles. The van der Waals surface area contributed by atoms with Gasteiger partial charge in [-0.3, -0.25) is 23.4 Å². The van der Waals surface area contributed by atoms with Crippen LogP contribution in [0, 0.1) is 18.2 Å². The van der Waals surface area contributed by atoms with E-state index in [0.717, 1.165) is 0 Å². The summed E-state index contributed by atoms with van der Waals surface area (Å²) in [5.74, 6) is 0.00303. The summed E-state index contributed by atoms with van der Waals surface area (Å²) in [6, 6.07) is 7.75. The fourth-order valence-corrected chi connectivity index (χ4v) is 4.78. The standard InChI is InChI=1S/C23H27FN3O10P/c1-5-23(25)18(28)17(35-21(23)27-11-16(24)19(29)26-22(27)31)12-33-38(32,37-15-9-7-6-8-10-15)36-14(4)20(30)34-13(2)3/h1,6-11,13-14,17-18,21,28H,12,25H2,2-4H3,(H,26,29,31)/t14-,17+,18-,21+,23?,38-/m0/s1. The molecule has 0 saturated carbocycles. The minimum atomic E-state index is -4.60. The zero-order chi connectivity index (χ0) is 28.3. The number of phosphoric acid groups is 1. The van der Waals surface area contributed by atoms with Gasteiger partial charge in [0.25, 0.3) is 5.56 Å². The predicted octanol–water partition coefficient (Wildman–Crippen LogP) is 0.825. The summed E-state index contributed by atoms with van der Waals surface area (Å²) in [5, 5.41) is 10.8. The van der Waals surface area contributed by atoms with Crippen LogP contribution in [0.2, 0.25) is 0 Å². The number of aromatic amines is 1. The number of phosphoric ester groups is 1. The summed E-state index contributed by atoms with van der Waals surface area (Å²) in [4.78, 5) is 37.6. The summed E-state index contributed by atoms with van der Waals surface area (Å²) in [7, 11) is -4.60. The van der Waals surface area contributed by atoms with E-state index in [9.17, 15) is 28.4 Å². The van der Waals surface area contributed by atoms with Gasteiger partial charge >= 0.3 is 19.5 Å². The lowest BCUT2D eigenvalue weighted by molar-refractivity contribution is -0.156. The van der Waals surface area contributed by atoms with Gasteiger partial charge in [-0.05, 0) is 32.9 Å². The number of carbonyl (C=O) groups is 1. The first-order valence-corrected chi connectivity index (χ1v) is 12.7. The zero-order valence-electron chi connectivity index (χ0n) is 20.6. The maximum Gasteiger partial charge on any atom is 0.530 e. The third kappa shape index (κ3) is 6.39. The molecule has 1 aliphatic heterocycles. The Balaban J connectivity index is 1.86. The molecule has 1 aromatic carbocycles. The van der Waals surface area contributed by atoms with Crippen molar-refractivity contribution in [3.63, 3.8) is 0 Å². The number of halogens is 1. The number of carbonyl (C=O) groups excluding carboxylic acids is 1. The SMILES string of the molecule is C#CC1(N)[C@@H](O)[C@@H](CO[P@](=O)(Oc2ccccc2)O[C@@H](C)C(=O)OC(C)C)O[C@H]1n1cc(F)c(=O)[nH]c1=O. The van der Waals surface area contributed by atoms with E-state index in [1.807, 2.05) is 0 Å². The van der Waals surface area contributed by atoms with Crippen LogP contribution in [0.5, 0.6) is 5.75 Å². The molecule has 0 spiro atoms. The van der Waals surface area contributed by atoms with Gasteiger partial charge in [0.1, 0.15) is 18.0 Å². The van der Waals surface area contributed by atoms with Gasteiger partial charge in [-0.25, -0.2) is 14.2 Å². The molecule has 206 valence electrons. The summed E-state index contributed by atoms with van der Waals surface area (Å²) in [5.41, 5.74) is 1.62. The number of ether oxygens (including phenoxy) is 2. The quantitative estimate of drug-likeness (QED) is 0.215. The van der Waals surface area contributed by atoms with Gasteiger partial charge in [0, 0.05) is 0 Å². The number of nitrogens with two attached hydrogens (primary N) is 1. The summed E-state index contributed by atoms with van der Waals surface area (Å²) in [6.45, 7) is 3.77. The Kier molecular flexibility index (Phi) is 8.94. The molecule has 6 atom stereocenters. The highest BCUT2D eigenvalue weighted by Crippen LogP contribution is 2.51. The maximum atomic E-state index is 13.9. The molecule has 0 amide bonds. The molecule has 4 N–H and O–H groups in total.